The van der Waals surface area contributed by atoms with Gasteiger partial charge >= 0.3 is 0 Å². The van der Waals surface area contributed by atoms with Gasteiger partial charge in [0.25, 0.3) is 0 Å². The van der Waals surface area contributed by atoms with Gasteiger partial charge in [0.2, 0.25) is 5.71 Å². The minimum atomic E-state index is -0.259. The van der Waals surface area contributed by atoms with Crippen LogP contribution in [0.1, 0.15) is 10.4 Å². The van der Waals surface area contributed by atoms with Crippen molar-refractivity contribution in [3.05, 3.63) is 29.8 Å². The molecule has 5 nitrogen and oxygen atoms in total. The quantitative estimate of drug-likeness (QED) is 0.398. The Bertz CT molecular complexity index is 506. The average Bonchev–Trinajstić information content (AvgIpc) is 2.39. The van der Waals surface area contributed by atoms with Gasteiger partial charge in [0.15, 0.2) is 5.78 Å². The van der Waals surface area contributed by atoms with E-state index in [-0.39, 0.29) is 16.8 Å². The fraction of sp³-hybridized carbons (Fsp3) is 0.0909. The van der Waals surface area contributed by atoms with Gasteiger partial charge in [-0.3, -0.25) is 10.2 Å². The summed E-state index contributed by atoms with van der Waals surface area (Å²) in [6.45, 7) is 0. The van der Waals surface area contributed by atoms with E-state index < -0.39 is 0 Å². The number of rotatable bonds is 4. The molecule has 0 aromatic heterocycles. The predicted molar refractivity (Wildman–Crippen MR) is 66.9 cm³/mol. The van der Waals surface area contributed by atoms with Crippen LogP contribution < -0.4 is 5.43 Å². The van der Waals surface area contributed by atoms with Crippen LogP contribution in [0.2, 0.25) is 0 Å². The van der Waals surface area contributed by atoms with Crippen molar-refractivity contribution in [1.29, 1.82) is 10.5 Å². The second-order valence-corrected chi connectivity index (χ2v) is 3.49. The van der Waals surface area contributed by atoms with Crippen LogP contribution in [-0.4, -0.2) is 16.8 Å². The molecule has 0 saturated heterocycles. The molecule has 1 rings (SSSR count). The Hall–Kier alpha value is -2.18. The number of hydrogen-bond donors (Lipinski definition) is 1. The minimum absolute atomic E-state index is 0.0187. The number of nitrogens with one attached hydrogen (secondary N) is 1. The monoisotopic (exact) mass is 290 g/mol. The summed E-state index contributed by atoms with van der Waals surface area (Å²) in [5.74, 6) is -0.0187. The van der Waals surface area contributed by atoms with Gasteiger partial charge in [-0.25, -0.2) is 0 Å². The molecule has 0 aliphatic carbocycles. The molecule has 0 saturated carbocycles. The molecule has 0 heterocycles. The van der Waals surface area contributed by atoms with Crippen molar-refractivity contribution >= 4 is 33.1 Å². The van der Waals surface area contributed by atoms with Gasteiger partial charge < -0.3 is 0 Å². The zero-order valence-corrected chi connectivity index (χ0v) is 10.2. The molecule has 84 valence electrons. The lowest BCUT2D eigenvalue weighted by Gasteiger charge is -2.01. The summed E-state index contributed by atoms with van der Waals surface area (Å²) >= 11 is 3.08. The topological polar surface area (TPSA) is 89.0 Å². The second kappa shape index (κ2) is 6.41. The summed E-state index contributed by atoms with van der Waals surface area (Å²) < 4.78 is 0. The molecule has 0 aliphatic heterocycles. The van der Waals surface area contributed by atoms with E-state index in [4.69, 9.17) is 10.5 Å². The highest BCUT2D eigenvalue weighted by Crippen LogP contribution is 2.10. The van der Waals surface area contributed by atoms with Crippen molar-refractivity contribution in [1.82, 2.24) is 0 Å². The molecule has 6 heteroatoms. The number of halogens is 1. The zero-order chi connectivity index (χ0) is 12.7. The number of benzene rings is 1. The van der Waals surface area contributed by atoms with Crippen LogP contribution in [0.5, 0.6) is 0 Å². The number of hydrogen-bond acceptors (Lipinski definition) is 5. The van der Waals surface area contributed by atoms with E-state index in [1.54, 1.807) is 36.4 Å². The van der Waals surface area contributed by atoms with E-state index in [9.17, 15) is 4.79 Å². The third-order valence-corrected chi connectivity index (χ3v) is 2.35. The van der Waals surface area contributed by atoms with Gasteiger partial charge in [-0.15, -0.1) is 0 Å². The first-order chi connectivity index (χ1) is 8.21. The average molecular weight is 291 g/mol. The highest BCUT2D eigenvalue weighted by Gasteiger charge is 2.02. The molecule has 1 aromatic carbocycles. The molecule has 0 bridgehead atoms. The van der Waals surface area contributed by atoms with Crippen LogP contribution in [-0.2, 0) is 0 Å². The zero-order valence-electron chi connectivity index (χ0n) is 8.64. The third-order valence-electron chi connectivity index (χ3n) is 1.84. The molecule has 0 unspecified atom stereocenters. The molecule has 0 aliphatic rings. The number of hydrazone groups is 1. The predicted octanol–water partition coefficient (Wildman–Crippen LogP) is 2.08. The van der Waals surface area contributed by atoms with Gasteiger partial charge in [0, 0.05) is 5.56 Å². The van der Waals surface area contributed by atoms with Crippen LogP contribution in [0.15, 0.2) is 29.4 Å². The number of nitrogens with zero attached hydrogens (tertiary/aromatic N) is 3. The molecule has 1 N–H and O–H groups in total. The van der Waals surface area contributed by atoms with Gasteiger partial charge in [-0.1, -0.05) is 15.9 Å². The molecule has 17 heavy (non-hydrogen) atoms. The van der Waals surface area contributed by atoms with Crippen LogP contribution >= 0.6 is 15.9 Å². The molecule has 1 aromatic rings. The maximum Gasteiger partial charge on any atom is 0.237 e. The number of anilines is 1. The Morgan fingerprint density at radius 2 is 1.88 bits per heavy atom. The van der Waals surface area contributed by atoms with E-state index >= 15 is 0 Å². The van der Waals surface area contributed by atoms with Crippen LogP contribution in [0.4, 0.5) is 5.69 Å². The molecular formula is C11H7BrN4O. The molecule has 0 spiro atoms. The van der Waals surface area contributed by atoms with Gasteiger partial charge in [-0.2, -0.15) is 15.6 Å². The Morgan fingerprint density at radius 1 is 1.29 bits per heavy atom. The SMILES string of the molecule is N#CC(C#N)=NNc1ccc(C(=O)CBr)cc1. The molecule has 0 radical (unpaired) electrons. The number of ketones is 1. The number of carbonyl (C=O) groups is 1. The summed E-state index contributed by atoms with van der Waals surface area (Å²) in [5, 5.41) is 20.8. The van der Waals surface area contributed by atoms with Crippen LogP contribution in [0, 0.1) is 22.7 Å². The first-order valence-electron chi connectivity index (χ1n) is 4.54. The van der Waals surface area contributed by atoms with Crippen molar-refractivity contribution in [2.45, 2.75) is 0 Å². The number of Topliss-reactive ketones (excluding diaryl/α,β-unsaturated/α-hetero) is 1. The van der Waals surface area contributed by atoms with Crippen molar-refractivity contribution < 1.29 is 4.79 Å². The lowest BCUT2D eigenvalue weighted by Crippen LogP contribution is -2.00. The van der Waals surface area contributed by atoms with E-state index in [2.05, 4.69) is 26.5 Å². The Kier molecular flexibility index (Phi) is 4.86. The molecule has 0 amide bonds. The van der Waals surface area contributed by atoms with Crippen molar-refractivity contribution in [3.8, 4) is 12.1 Å². The highest BCUT2D eigenvalue weighted by molar-refractivity contribution is 9.09. The molecule has 0 fully saturated rings. The smallest absolute Gasteiger partial charge is 0.237 e. The third kappa shape index (κ3) is 3.71. The van der Waals surface area contributed by atoms with Gasteiger partial charge in [0.05, 0.1) is 11.0 Å². The normalized spacial score (nSPS) is 8.65. The fourth-order valence-electron chi connectivity index (χ4n) is 1.00. The lowest BCUT2D eigenvalue weighted by atomic mass is 10.1. The van der Waals surface area contributed by atoms with Crippen LogP contribution in [0.25, 0.3) is 0 Å². The Labute approximate surface area is 106 Å². The van der Waals surface area contributed by atoms with Gasteiger partial charge in [0.1, 0.15) is 12.1 Å². The molecular weight excluding hydrogens is 284 g/mol. The summed E-state index contributed by atoms with van der Waals surface area (Å²) in [6, 6.07) is 9.82. The van der Waals surface area contributed by atoms with E-state index in [0.29, 0.717) is 11.3 Å². The Balaban J connectivity index is 2.77. The summed E-state index contributed by atoms with van der Waals surface area (Å²) in [5.41, 5.74) is 3.47. The summed E-state index contributed by atoms with van der Waals surface area (Å²) in [4.78, 5) is 11.3. The lowest BCUT2D eigenvalue weighted by molar-refractivity contribution is 0.102. The van der Waals surface area contributed by atoms with Gasteiger partial charge in [-0.05, 0) is 24.3 Å². The van der Waals surface area contributed by atoms with Crippen molar-refractivity contribution in [2.75, 3.05) is 10.8 Å². The number of alkyl halides is 1. The maximum atomic E-state index is 11.3. The number of carbonyl (C=O) groups excluding carboxylic acids is 1. The molecule has 0 atom stereocenters. The first kappa shape index (κ1) is 12.9. The standard InChI is InChI=1S/C11H7BrN4O/c12-5-11(17)8-1-3-9(4-2-8)15-16-10(6-13)7-14/h1-4,15H,5H2. The van der Waals surface area contributed by atoms with E-state index in [1.807, 2.05) is 0 Å². The maximum absolute atomic E-state index is 11.3. The number of nitriles is 2. The largest absolute Gasteiger partial charge is 0.293 e. The highest BCUT2D eigenvalue weighted by atomic mass is 79.9. The summed E-state index contributed by atoms with van der Waals surface area (Å²) in [6.07, 6.45) is 0. The van der Waals surface area contributed by atoms with Crippen molar-refractivity contribution in [2.24, 2.45) is 5.10 Å². The van der Waals surface area contributed by atoms with E-state index in [0.717, 1.165) is 0 Å². The van der Waals surface area contributed by atoms with Crippen molar-refractivity contribution in [3.63, 3.8) is 0 Å². The fourth-order valence-corrected chi connectivity index (χ4v) is 1.33. The van der Waals surface area contributed by atoms with Crippen LogP contribution in [0.3, 0.4) is 0 Å². The van der Waals surface area contributed by atoms with E-state index in [1.165, 1.54) is 0 Å². The Morgan fingerprint density at radius 3 is 2.35 bits per heavy atom. The second-order valence-electron chi connectivity index (χ2n) is 2.93. The summed E-state index contributed by atoms with van der Waals surface area (Å²) in [7, 11) is 0. The first-order valence-corrected chi connectivity index (χ1v) is 5.66. The minimum Gasteiger partial charge on any atom is -0.293 e.